The second-order valence-electron chi connectivity index (χ2n) is 4.69. The van der Waals surface area contributed by atoms with Gasteiger partial charge in [0.1, 0.15) is 16.6 Å². The molecule has 0 saturated carbocycles. The maximum absolute atomic E-state index is 9.10. The Morgan fingerprint density at radius 2 is 2.14 bits per heavy atom. The molecule has 22 heavy (non-hydrogen) atoms. The van der Waals surface area contributed by atoms with Crippen molar-refractivity contribution in [3.63, 3.8) is 0 Å². The van der Waals surface area contributed by atoms with Crippen LogP contribution in [-0.2, 0) is 13.6 Å². The van der Waals surface area contributed by atoms with Gasteiger partial charge >= 0.3 is 0 Å². The number of nitrogens with zero attached hydrogens (tertiary/aromatic N) is 4. The topological polar surface area (TPSA) is 66.5 Å². The molecule has 5 nitrogen and oxygen atoms in total. The summed E-state index contributed by atoms with van der Waals surface area (Å²) >= 11 is 7.06. The molecule has 0 unspecified atom stereocenters. The lowest BCUT2D eigenvalue weighted by Crippen LogP contribution is -1.99. The smallest absolute Gasteiger partial charge is 0.162 e. The van der Waals surface area contributed by atoms with Gasteiger partial charge in [0.05, 0.1) is 5.69 Å². The minimum absolute atomic E-state index is 0.240. The van der Waals surface area contributed by atoms with E-state index >= 15 is 0 Å². The molecule has 3 rings (SSSR count). The summed E-state index contributed by atoms with van der Waals surface area (Å²) in [6.45, 7) is 0.547. The summed E-state index contributed by atoms with van der Waals surface area (Å²) in [4.78, 5) is 0. The van der Waals surface area contributed by atoms with Crippen LogP contribution in [0.5, 0.6) is 0 Å². The Kier molecular flexibility index (Phi) is 4.09. The Balaban J connectivity index is 1.86. The highest BCUT2D eigenvalue weighted by atomic mass is 35.5. The van der Waals surface area contributed by atoms with Crippen molar-refractivity contribution in [2.24, 2.45) is 7.05 Å². The van der Waals surface area contributed by atoms with Crippen molar-refractivity contribution in [3.05, 3.63) is 52.8 Å². The van der Waals surface area contributed by atoms with Crippen LogP contribution in [0, 0.1) is 11.3 Å². The molecule has 0 aliphatic rings. The van der Waals surface area contributed by atoms with Gasteiger partial charge in [-0.1, -0.05) is 41.9 Å². The largest absolute Gasteiger partial charge is 0.370 e. The summed E-state index contributed by atoms with van der Waals surface area (Å²) < 4.78 is 5.77. The van der Waals surface area contributed by atoms with Gasteiger partial charge in [-0.05, 0) is 11.5 Å². The molecule has 0 bridgehead atoms. The van der Waals surface area contributed by atoms with Crippen molar-refractivity contribution in [1.29, 1.82) is 5.26 Å². The third-order valence-electron chi connectivity index (χ3n) is 3.15. The van der Waals surface area contributed by atoms with E-state index in [1.807, 2.05) is 43.6 Å². The molecule has 0 fully saturated rings. The van der Waals surface area contributed by atoms with Crippen LogP contribution >= 0.6 is 23.1 Å². The number of anilines is 1. The zero-order chi connectivity index (χ0) is 15.5. The van der Waals surface area contributed by atoms with Crippen LogP contribution in [0.4, 0.5) is 5.00 Å². The van der Waals surface area contributed by atoms with Gasteiger partial charge in [0.2, 0.25) is 0 Å². The van der Waals surface area contributed by atoms with Gasteiger partial charge in [-0.3, -0.25) is 4.68 Å². The Bertz CT molecular complexity index is 831. The van der Waals surface area contributed by atoms with E-state index in [0.717, 1.165) is 16.8 Å². The summed E-state index contributed by atoms with van der Waals surface area (Å²) in [5.74, 6) is 0. The third kappa shape index (κ3) is 2.82. The van der Waals surface area contributed by atoms with E-state index < -0.39 is 0 Å². The molecule has 0 radical (unpaired) electrons. The molecule has 0 atom stereocenters. The number of aromatic nitrogens is 3. The van der Waals surface area contributed by atoms with Gasteiger partial charge in [0.25, 0.3) is 0 Å². The van der Waals surface area contributed by atoms with Gasteiger partial charge in [0, 0.05) is 30.9 Å². The van der Waals surface area contributed by atoms with Crippen molar-refractivity contribution in [1.82, 2.24) is 14.2 Å². The minimum atomic E-state index is 0.240. The van der Waals surface area contributed by atoms with Crippen LogP contribution in [0.25, 0.3) is 11.3 Å². The average Bonchev–Trinajstić information content (AvgIpc) is 3.08. The quantitative estimate of drug-likeness (QED) is 0.793. The first-order chi connectivity index (χ1) is 10.7. The maximum atomic E-state index is 9.10. The molecule has 3 aromatic rings. The molecule has 1 aromatic carbocycles. The third-order valence-corrected chi connectivity index (χ3v) is 4.33. The van der Waals surface area contributed by atoms with E-state index in [9.17, 15) is 0 Å². The molecule has 110 valence electrons. The van der Waals surface area contributed by atoms with Gasteiger partial charge < -0.3 is 5.32 Å². The predicted molar refractivity (Wildman–Crippen MR) is 87.8 cm³/mol. The standard InChI is InChI=1S/C15H12ClN5S/c1-21-9-11(13(19-21)10-5-3-2-4-6-10)8-18-15-12(7-17)14(16)20-22-15/h2-6,9,18H,8H2,1H3. The molecule has 0 saturated heterocycles. The number of nitrogens with one attached hydrogen (secondary N) is 1. The van der Waals surface area contributed by atoms with E-state index in [0.29, 0.717) is 17.1 Å². The van der Waals surface area contributed by atoms with Crippen molar-refractivity contribution in [2.45, 2.75) is 6.54 Å². The lowest BCUT2D eigenvalue weighted by atomic mass is 10.1. The summed E-state index contributed by atoms with van der Waals surface area (Å²) in [5.41, 5.74) is 3.41. The highest BCUT2D eigenvalue weighted by molar-refractivity contribution is 7.10. The van der Waals surface area contributed by atoms with E-state index in [1.165, 1.54) is 11.5 Å². The van der Waals surface area contributed by atoms with Crippen molar-refractivity contribution in [2.75, 3.05) is 5.32 Å². The van der Waals surface area contributed by atoms with Crippen LogP contribution < -0.4 is 5.32 Å². The summed E-state index contributed by atoms with van der Waals surface area (Å²) in [7, 11) is 1.89. The molecule has 7 heteroatoms. The summed E-state index contributed by atoms with van der Waals surface area (Å²) in [6.07, 6.45) is 1.96. The minimum Gasteiger partial charge on any atom is -0.370 e. The van der Waals surface area contributed by atoms with Crippen LogP contribution in [0.15, 0.2) is 36.5 Å². The van der Waals surface area contributed by atoms with Crippen LogP contribution in [0.3, 0.4) is 0 Å². The van der Waals surface area contributed by atoms with Crippen LogP contribution in [-0.4, -0.2) is 14.2 Å². The first-order valence-corrected chi connectivity index (χ1v) is 7.71. The number of benzene rings is 1. The summed E-state index contributed by atoms with van der Waals surface area (Å²) in [5, 5.41) is 17.7. The van der Waals surface area contributed by atoms with Crippen LogP contribution in [0.1, 0.15) is 11.1 Å². The molecule has 0 aliphatic carbocycles. The number of rotatable bonds is 4. The monoisotopic (exact) mass is 329 g/mol. The highest BCUT2D eigenvalue weighted by Gasteiger charge is 2.14. The Labute approximate surface area is 136 Å². The van der Waals surface area contributed by atoms with Gasteiger partial charge in [0.15, 0.2) is 5.15 Å². The first kappa shape index (κ1) is 14.6. The van der Waals surface area contributed by atoms with Crippen molar-refractivity contribution < 1.29 is 0 Å². The molecule has 2 heterocycles. The molecular weight excluding hydrogens is 318 g/mol. The Morgan fingerprint density at radius 1 is 1.36 bits per heavy atom. The summed E-state index contributed by atoms with van der Waals surface area (Å²) in [6, 6.07) is 12.1. The highest BCUT2D eigenvalue weighted by Crippen LogP contribution is 2.29. The van der Waals surface area contributed by atoms with Crippen molar-refractivity contribution >= 4 is 28.1 Å². The molecule has 1 N–H and O–H groups in total. The van der Waals surface area contributed by atoms with Gasteiger partial charge in [-0.2, -0.15) is 14.7 Å². The second-order valence-corrected chi connectivity index (χ2v) is 5.82. The lowest BCUT2D eigenvalue weighted by molar-refractivity contribution is 0.770. The number of nitriles is 1. The van der Waals surface area contributed by atoms with E-state index in [1.54, 1.807) is 4.68 Å². The van der Waals surface area contributed by atoms with Crippen molar-refractivity contribution in [3.8, 4) is 17.3 Å². The second kappa shape index (κ2) is 6.18. The first-order valence-electron chi connectivity index (χ1n) is 6.56. The van der Waals surface area contributed by atoms with Gasteiger partial charge in [-0.15, -0.1) is 0 Å². The zero-order valence-electron chi connectivity index (χ0n) is 11.7. The number of halogens is 1. The van der Waals surface area contributed by atoms with Crippen LogP contribution in [0.2, 0.25) is 5.15 Å². The van der Waals surface area contributed by atoms with E-state index in [-0.39, 0.29) is 5.15 Å². The molecule has 0 amide bonds. The fourth-order valence-electron chi connectivity index (χ4n) is 2.17. The Hall–Kier alpha value is -2.36. The maximum Gasteiger partial charge on any atom is 0.162 e. The predicted octanol–water partition coefficient (Wildman–Crippen LogP) is 3.68. The van der Waals surface area contributed by atoms with E-state index in [2.05, 4.69) is 20.9 Å². The number of hydrogen-bond acceptors (Lipinski definition) is 5. The molecule has 0 spiro atoms. The van der Waals surface area contributed by atoms with E-state index in [4.69, 9.17) is 16.9 Å². The molecule has 2 aromatic heterocycles. The Morgan fingerprint density at radius 3 is 2.86 bits per heavy atom. The lowest BCUT2D eigenvalue weighted by Gasteiger charge is -2.04. The SMILES string of the molecule is Cn1cc(CNc2snc(Cl)c2C#N)c(-c2ccccc2)n1. The average molecular weight is 330 g/mol. The molecular formula is C15H12ClN5S. The number of aryl methyl sites for hydroxylation is 1. The van der Waals surface area contributed by atoms with Gasteiger partial charge in [-0.25, -0.2) is 0 Å². The molecule has 0 aliphatic heterocycles. The normalized spacial score (nSPS) is 10.4. The zero-order valence-corrected chi connectivity index (χ0v) is 13.3. The number of hydrogen-bond donors (Lipinski definition) is 1. The fraction of sp³-hybridized carbons (Fsp3) is 0.133. The fourth-order valence-corrected chi connectivity index (χ4v) is 3.10.